The number of aromatic nitrogens is 2. The van der Waals surface area contributed by atoms with Crippen LogP contribution in [-0.2, 0) is 0 Å². The quantitative estimate of drug-likeness (QED) is 0.884. The first-order chi connectivity index (χ1) is 6.22. The summed E-state index contributed by atoms with van der Waals surface area (Å²) in [4.78, 5) is 0. The van der Waals surface area contributed by atoms with Crippen molar-refractivity contribution >= 4 is 15.9 Å². The van der Waals surface area contributed by atoms with Gasteiger partial charge in [-0.2, -0.15) is 5.10 Å². The van der Waals surface area contributed by atoms with Gasteiger partial charge in [0.2, 0.25) is 0 Å². The number of hydrogen-bond acceptors (Lipinski definition) is 2. The van der Waals surface area contributed by atoms with Gasteiger partial charge in [0, 0.05) is 18.7 Å². The van der Waals surface area contributed by atoms with Crippen LogP contribution in [0.25, 0.3) is 0 Å². The minimum Gasteiger partial charge on any atom is -0.328 e. The van der Waals surface area contributed by atoms with Crippen molar-refractivity contribution in [2.45, 2.75) is 31.7 Å². The molecule has 1 unspecified atom stereocenters. The average Bonchev–Trinajstić information content (AvgIpc) is 2.89. The van der Waals surface area contributed by atoms with Gasteiger partial charge in [0.1, 0.15) is 0 Å². The fraction of sp³-hybridized carbons (Fsp3) is 0.667. The van der Waals surface area contributed by atoms with E-state index in [4.69, 9.17) is 5.73 Å². The Balaban J connectivity index is 2.23. The highest BCUT2D eigenvalue weighted by atomic mass is 79.9. The Labute approximate surface area is 86.4 Å². The van der Waals surface area contributed by atoms with Crippen LogP contribution in [0, 0.1) is 0 Å². The van der Waals surface area contributed by atoms with Gasteiger partial charge in [-0.1, -0.05) is 0 Å². The summed E-state index contributed by atoms with van der Waals surface area (Å²) in [5.41, 5.74) is 6.79. The lowest BCUT2D eigenvalue weighted by molar-refractivity contribution is 0.496. The first-order valence-corrected chi connectivity index (χ1v) is 5.46. The minimum atomic E-state index is 0.295. The Kier molecular flexibility index (Phi) is 2.43. The lowest BCUT2D eigenvalue weighted by atomic mass is 10.3. The van der Waals surface area contributed by atoms with E-state index in [-0.39, 0.29) is 0 Å². The smallest absolute Gasteiger partial charge is 0.0797 e. The minimum absolute atomic E-state index is 0.295. The molecule has 0 aromatic carbocycles. The number of nitrogens with two attached hydrogens (primary N) is 1. The molecule has 1 aliphatic carbocycles. The molecule has 0 amide bonds. The lowest BCUT2D eigenvalue weighted by Crippen LogP contribution is -2.16. The number of rotatable bonds is 3. The molecule has 4 heteroatoms. The van der Waals surface area contributed by atoms with E-state index >= 15 is 0 Å². The fourth-order valence-electron chi connectivity index (χ4n) is 1.35. The Morgan fingerprint density at radius 1 is 1.77 bits per heavy atom. The second-order valence-electron chi connectivity index (χ2n) is 3.70. The molecule has 72 valence electrons. The zero-order valence-electron chi connectivity index (χ0n) is 7.70. The molecule has 3 nitrogen and oxygen atoms in total. The van der Waals surface area contributed by atoms with Gasteiger partial charge >= 0.3 is 0 Å². The lowest BCUT2D eigenvalue weighted by Gasteiger charge is -2.07. The van der Waals surface area contributed by atoms with Gasteiger partial charge in [-0.25, -0.2) is 0 Å². The van der Waals surface area contributed by atoms with E-state index in [0.29, 0.717) is 18.5 Å². The van der Waals surface area contributed by atoms with Crippen molar-refractivity contribution in [2.24, 2.45) is 5.73 Å². The Bertz CT molecular complexity index is 304. The third-order valence-electron chi connectivity index (χ3n) is 2.47. The molecule has 2 N–H and O–H groups in total. The van der Waals surface area contributed by atoms with Crippen molar-refractivity contribution in [1.82, 2.24) is 9.78 Å². The number of nitrogens with zero attached hydrogens (tertiary/aromatic N) is 2. The predicted octanol–water partition coefficient (Wildman–Crippen LogP) is 2.04. The van der Waals surface area contributed by atoms with Crippen molar-refractivity contribution in [3.8, 4) is 0 Å². The van der Waals surface area contributed by atoms with Crippen LogP contribution in [0.15, 0.2) is 10.7 Å². The van der Waals surface area contributed by atoms with Crippen LogP contribution in [0.2, 0.25) is 0 Å². The zero-order valence-corrected chi connectivity index (χ0v) is 9.29. The van der Waals surface area contributed by atoms with Crippen molar-refractivity contribution in [1.29, 1.82) is 0 Å². The standard InChI is InChI=1S/C9H14BrN3/c1-6(4-11)13-5-8(10)9(12-13)7-2-3-7/h5-7H,2-4,11H2,1H3. The summed E-state index contributed by atoms with van der Waals surface area (Å²) in [5.74, 6) is 0.695. The highest BCUT2D eigenvalue weighted by Crippen LogP contribution is 2.42. The van der Waals surface area contributed by atoms with Crippen LogP contribution in [0.4, 0.5) is 0 Å². The van der Waals surface area contributed by atoms with Gasteiger partial charge in [-0.15, -0.1) is 0 Å². The van der Waals surface area contributed by atoms with Crippen LogP contribution in [0.1, 0.15) is 37.4 Å². The molecule has 0 aliphatic heterocycles. The molecule has 1 saturated carbocycles. The van der Waals surface area contributed by atoms with E-state index in [1.54, 1.807) is 0 Å². The molecule has 1 fully saturated rings. The molecule has 0 saturated heterocycles. The van der Waals surface area contributed by atoms with E-state index in [9.17, 15) is 0 Å². The Morgan fingerprint density at radius 2 is 2.46 bits per heavy atom. The molecule has 13 heavy (non-hydrogen) atoms. The van der Waals surface area contributed by atoms with Gasteiger partial charge < -0.3 is 5.73 Å². The summed E-state index contributed by atoms with van der Waals surface area (Å²) in [6.07, 6.45) is 4.60. The monoisotopic (exact) mass is 243 g/mol. The number of hydrogen-bond donors (Lipinski definition) is 1. The third kappa shape index (κ3) is 1.79. The van der Waals surface area contributed by atoms with Crippen LogP contribution in [0.3, 0.4) is 0 Å². The summed E-state index contributed by atoms with van der Waals surface area (Å²) in [5, 5.41) is 4.53. The largest absolute Gasteiger partial charge is 0.328 e. The highest BCUT2D eigenvalue weighted by molar-refractivity contribution is 9.10. The summed E-state index contributed by atoms with van der Waals surface area (Å²) in [6, 6.07) is 0.295. The van der Waals surface area contributed by atoms with Crippen molar-refractivity contribution in [3.05, 3.63) is 16.4 Å². The summed E-state index contributed by atoms with van der Waals surface area (Å²) in [6.45, 7) is 2.72. The molecule has 2 rings (SSSR count). The molecule has 1 heterocycles. The van der Waals surface area contributed by atoms with E-state index in [1.807, 2.05) is 10.9 Å². The first kappa shape index (κ1) is 9.21. The maximum atomic E-state index is 5.58. The van der Waals surface area contributed by atoms with Gasteiger partial charge in [0.15, 0.2) is 0 Å². The van der Waals surface area contributed by atoms with Gasteiger partial charge in [0.05, 0.1) is 16.2 Å². The third-order valence-corrected chi connectivity index (χ3v) is 3.08. The summed E-state index contributed by atoms with van der Waals surface area (Å²) in [7, 11) is 0. The second-order valence-corrected chi connectivity index (χ2v) is 4.56. The van der Waals surface area contributed by atoms with Crippen molar-refractivity contribution in [2.75, 3.05) is 6.54 Å². The van der Waals surface area contributed by atoms with Crippen LogP contribution >= 0.6 is 15.9 Å². The molecular formula is C9H14BrN3. The molecule has 1 aliphatic rings. The maximum absolute atomic E-state index is 5.58. The van der Waals surface area contributed by atoms with Gasteiger partial charge in [0.25, 0.3) is 0 Å². The topological polar surface area (TPSA) is 43.8 Å². The first-order valence-electron chi connectivity index (χ1n) is 4.67. The predicted molar refractivity (Wildman–Crippen MR) is 55.7 cm³/mol. The van der Waals surface area contributed by atoms with E-state index in [0.717, 1.165) is 4.47 Å². The van der Waals surface area contributed by atoms with Gasteiger partial charge in [-0.3, -0.25) is 4.68 Å². The normalized spacial score (nSPS) is 19.0. The van der Waals surface area contributed by atoms with E-state index < -0.39 is 0 Å². The van der Waals surface area contributed by atoms with Crippen LogP contribution in [-0.4, -0.2) is 16.3 Å². The Hall–Kier alpha value is -0.350. The molecular weight excluding hydrogens is 230 g/mol. The van der Waals surface area contributed by atoms with Crippen molar-refractivity contribution in [3.63, 3.8) is 0 Å². The van der Waals surface area contributed by atoms with Crippen LogP contribution < -0.4 is 5.73 Å². The molecule has 1 aromatic rings. The molecule has 0 spiro atoms. The average molecular weight is 244 g/mol. The number of halogens is 1. The zero-order chi connectivity index (χ0) is 9.42. The van der Waals surface area contributed by atoms with Gasteiger partial charge in [-0.05, 0) is 35.7 Å². The SMILES string of the molecule is CC(CN)n1cc(Br)c(C2CC2)n1. The maximum Gasteiger partial charge on any atom is 0.0797 e. The second kappa shape index (κ2) is 3.42. The molecule has 0 radical (unpaired) electrons. The highest BCUT2D eigenvalue weighted by Gasteiger charge is 2.28. The van der Waals surface area contributed by atoms with E-state index in [2.05, 4.69) is 28.0 Å². The van der Waals surface area contributed by atoms with E-state index in [1.165, 1.54) is 18.5 Å². The Morgan fingerprint density at radius 3 is 3.00 bits per heavy atom. The van der Waals surface area contributed by atoms with Crippen molar-refractivity contribution < 1.29 is 0 Å². The summed E-state index contributed by atoms with van der Waals surface area (Å²) >= 11 is 3.53. The fourth-order valence-corrected chi connectivity index (χ4v) is 1.96. The van der Waals surface area contributed by atoms with Crippen LogP contribution in [0.5, 0.6) is 0 Å². The molecule has 0 bridgehead atoms. The molecule has 1 atom stereocenters. The molecule has 1 aromatic heterocycles. The summed E-state index contributed by atoms with van der Waals surface area (Å²) < 4.78 is 3.09.